The summed E-state index contributed by atoms with van der Waals surface area (Å²) in [6, 6.07) is 13.4. The van der Waals surface area contributed by atoms with Crippen molar-refractivity contribution in [1.82, 2.24) is 5.32 Å². The summed E-state index contributed by atoms with van der Waals surface area (Å²) in [5, 5.41) is 3.55. The van der Waals surface area contributed by atoms with E-state index in [-0.39, 0.29) is 11.9 Å². The summed E-state index contributed by atoms with van der Waals surface area (Å²) in [5.74, 6) is -0.208. The van der Waals surface area contributed by atoms with Gasteiger partial charge in [0.2, 0.25) is 0 Å². The zero-order chi connectivity index (χ0) is 15.2. The topological polar surface area (TPSA) is 12.0 Å². The highest BCUT2D eigenvalue weighted by molar-refractivity contribution is 9.10. The van der Waals surface area contributed by atoms with E-state index in [1.807, 2.05) is 24.3 Å². The van der Waals surface area contributed by atoms with E-state index in [2.05, 4.69) is 50.2 Å². The van der Waals surface area contributed by atoms with Gasteiger partial charge in [0.05, 0.1) is 0 Å². The third kappa shape index (κ3) is 4.90. The Bertz CT molecular complexity index is 581. The summed E-state index contributed by atoms with van der Waals surface area (Å²) in [6.07, 6.45) is 1.81. The molecule has 112 valence electrons. The highest BCUT2D eigenvalue weighted by Gasteiger charge is 2.15. The molecule has 0 amide bonds. The molecule has 0 aliphatic carbocycles. The van der Waals surface area contributed by atoms with Gasteiger partial charge in [-0.05, 0) is 54.8 Å². The first-order valence-electron chi connectivity index (χ1n) is 7.03. The van der Waals surface area contributed by atoms with Crippen molar-refractivity contribution >= 4 is 31.9 Å². The Kier molecular flexibility index (Phi) is 6.40. The first-order chi connectivity index (χ1) is 10.1. The molecule has 0 heterocycles. The standard InChI is InChI=1S/C17H18Br2FN/c1-2-7-21-17(15-5-3-4-6-16(15)19)10-12-8-13(18)11-14(20)9-12/h3-6,8-9,11,17,21H,2,7,10H2,1H3. The summed E-state index contributed by atoms with van der Waals surface area (Å²) in [7, 11) is 0. The van der Waals surface area contributed by atoms with Crippen LogP contribution in [0.3, 0.4) is 0 Å². The molecular weight excluding hydrogens is 397 g/mol. The van der Waals surface area contributed by atoms with E-state index < -0.39 is 0 Å². The lowest BCUT2D eigenvalue weighted by Gasteiger charge is -2.20. The van der Waals surface area contributed by atoms with Gasteiger partial charge < -0.3 is 5.32 Å². The molecule has 0 aliphatic rings. The number of rotatable bonds is 6. The molecule has 0 spiro atoms. The van der Waals surface area contributed by atoms with Crippen LogP contribution in [0.2, 0.25) is 0 Å². The minimum atomic E-state index is -0.208. The Labute approximate surface area is 142 Å². The fourth-order valence-corrected chi connectivity index (χ4v) is 3.41. The van der Waals surface area contributed by atoms with Crippen LogP contribution in [0.25, 0.3) is 0 Å². The van der Waals surface area contributed by atoms with Crippen LogP contribution in [-0.2, 0) is 6.42 Å². The second-order valence-corrected chi connectivity index (χ2v) is 6.78. The summed E-state index contributed by atoms with van der Waals surface area (Å²) in [6.45, 7) is 3.07. The predicted octanol–water partition coefficient (Wildman–Crippen LogP) is 5.63. The molecule has 0 aliphatic heterocycles. The van der Waals surface area contributed by atoms with Gasteiger partial charge in [0.1, 0.15) is 5.82 Å². The van der Waals surface area contributed by atoms with Crippen LogP contribution < -0.4 is 5.32 Å². The highest BCUT2D eigenvalue weighted by Crippen LogP contribution is 2.27. The van der Waals surface area contributed by atoms with Gasteiger partial charge in [-0.2, -0.15) is 0 Å². The van der Waals surface area contributed by atoms with Crippen LogP contribution in [0.5, 0.6) is 0 Å². The van der Waals surface area contributed by atoms with E-state index in [1.54, 1.807) is 6.07 Å². The van der Waals surface area contributed by atoms with Crippen molar-refractivity contribution in [3.8, 4) is 0 Å². The van der Waals surface area contributed by atoms with Crippen molar-refractivity contribution in [2.24, 2.45) is 0 Å². The van der Waals surface area contributed by atoms with Gasteiger partial charge in [-0.25, -0.2) is 4.39 Å². The van der Waals surface area contributed by atoms with E-state index in [0.717, 1.165) is 33.9 Å². The molecular formula is C17H18Br2FN. The number of hydrogen-bond donors (Lipinski definition) is 1. The maximum atomic E-state index is 13.6. The zero-order valence-electron chi connectivity index (χ0n) is 11.9. The lowest BCUT2D eigenvalue weighted by atomic mass is 9.98. The van der Waals surface area contributed by atoms with Crippen LogP contribution in [-0.4, -0.2) is 6.54 Å². The van der Waals surface area contributed by atoms with Crippen LogP contribution in [0, 0.1) is 5.82 Å². The Morgan fingerprint density at radius 2 is 1.90 bits per heavy atom. The van der Waals surface area contributed by atoms with Gasteiger partial charge in [-0.3, -0.25) is 0 Å². The fourth-order valence-electron chi connectivity index (χ4n) is 2.33. The van der Waals surface area contributed by atoms with E-state index in [1.165, 1.54) is 11.6 Å². The Balaban J connectivity index is 2.26. The van der Waals surface area contributed by atoms with Crippen molar-refractivity contribution < 1.29 is 4.39 Å². The van der Waals surface area contributed by atoms with Crippen LogP contribution in [0.1, 0.15) is 30.5 Å². The first kappa shape index (κ1) is 16.7. The molecule has 21 heavy (non-hydrogen) atoms. The maximum Gasteiger partial charge on any atom is 0.124 e. The molecule has 0 fully saturated rings. The first-order valence-corrected chi connectivity index (χ1v) is 8.61. The summed E-state index contributed by atoms with van der Waals surface area (Å²) < 4.78 is 15.4. The Morgan fingerprint density at radius 3 is 2.57 bits per heavy atom. The fraction of sp³-hybridized carbons (Fsp3) is 0.294. The second kappa shape index (κ2) is 8.06. The van der Waals surface area contributed by atoms with Gasteiger partial charge >= 0.3 is 0 Å². The number of hydrogen-bond acceptors (Lipinski definition) is 1. The van der Waals surface area contributed by atoms with Gasteiger partial charge in [0, 0.05) is 15.0 Å². The number of nitrogens with one attached hydrogen (secondary N) is 1. The summed E-state index contributed by atoms with van der Waals surface area (Å²) in [5.41, 5.74) is 2.18. The quantitative estimate of drug-likeness (QED) is 0.645. The van der Waals surface area contributed by atoms with Crippen LogP contribution in [0.4, 0.5) is 4.39 Å². The predicted molar refractivity (Wildman–Crippen MR) is 93.0 cm³/mol. The van der Waals surface area contributed by atoms with Crippen molar-refractivity contribution in [3.05, 3.63) is 68.4 Å². The van der Waals surface area contributed by atoms with Gasteiger partial charge in [0.25, 0.3) is 0 Å². The molecule has 1 atom stereocenters. The minimum absolute atomic E-state index is 0.161. The molecule has 4 heteroatoms. The average molecular weight is 415 g/mol. The van der Waals surface area contributed by atoms with E-state index in [4.69, 9.17) is 0 Å². The molecule has 2 aromatic rings. The molecule has 2 aromatic carbocycles. The van der Waals surface area contributed by atoms with Crippen molar-refractivity contribution in [2.75, 3.05) is 6.54 Å². The van der Waals surface area contributed by atoms with Crippen molar-refractivity contribution in [3.63, 3.8) is 0 Å². The molecule has 0 radical (unpaired) electrons. The van der Waals surface area contributed by atoms with E-state index in [0.29, 0.717) is 0 Å². The lowest BCUT2D eigenvalue weighted by molar-refractivity contribution is 0.525. The molecule has 0 bridgehead atoms. The third-order valence-corrected chi connectivity index (χ3v) is 4.46. The summed E-state index contributed by atoms with van der Waals surface area (Å²) >= 11 is 6.96. The Hall–Kier alpha value is -0.710. The molecule has 0 saturated heterocycles. The lowest BCUT2D eigenvalue weighted by Crippen LogP contribution is -2.24. The molecule has 1 unspecified atom stereocenters. The van der Waals surface area contributed by atoms with Crippen molar-refractivity contribution in [2.45, 2.75) is 25.8 Å². The van der Waals surface area contributed by atoms with Gasteiger partial charge in [-0.1, -0.05) is 57.0 Å². The average Bonchev–Trinajstić information content (AvgIpc) is 2.43. The smallest absolute Gasteiger partial charge is 0.124 e. The number of benzene rings is 2. The molecule has 1 nitrogen and oxygen atoms in total. The largest absolute Gasteiger partial charge is 0.310 e. The minimum Gasteiger partial charge on any atom is -0.310 e. The monoisotopic (exact) mass is 413 g/mol. The van der Waals surface area contributed by atoms with E-state index >= 15 is 0 Å². The van der Waals surface area contributed by atoms with Crippen LogP contribution in [0.15, 0.2) is 51.4 Å². The van der Waals surface area contributed by atoms with Crippen molar-refractivity contribution in [1.29, 1.82) is 0 Å². The van der Waals surface area contributed by atoms with Crippen LogP contribution >= 0.6 is 31.9 Å². The molecule has 2 rings (SSSR count). The molecule has 0 aromatic heterocycles. The number of halogens is 3. The SMILES string of the molecule is CCCNC(Cc1cc(F)cc(Br)c1)c1ccccc1Br. The van der Waals surface area contributed by atoms with Gasteiger partial charge in [0.15, 0.2) is 0 Å². The highest BCUT2D eigenvalue weighted by atomic mass is 79.9. The summed E-state index contributed by atoms with van der Waals surface area (Å²) in [4.78, 5) is 0. The normalized spacial score (nSPS) is 12.4. The molecule has 1 N–H and O–H groups in total. The third-order valence-electron chi connectivity index (χ3n) is 3.28. The molecule has 0 saturated carbocycles. The second-order valence-electron chi connectivity index (χ2n) is 5.01. The maximum absolute atomic E-state index is 13.6. The van der Waals surface area contributed by atoms with Gasteiger partial charge in [-0.15, -0.1) is 0 Å². The Morgan fingerprint density at radius 1 is 1.14 bits per heavy atom. The zero-order valence-corrected chi connectivity index (χ0v) is 15.0. The van der Waals surface area contributed by atoms with E-state index in [9.17, 15) is 4.39 Å².